The second-order valence-corrected chi connectivity index (χ2v) is 3.14. The van der Waals surface area contributed by atoms with Gasteiger partial charge < -0.3 is 14.4 Å². The zero-order chi connectivity index (χ0) is 9.68. The van der Waals surface area contributed by atoms with E-state index in [1.807, 2.05) is 6.92 Å². The molecule has 1 fully saturated rings. The largest absolute Gasteiger partial charge is 0.450 e. The topological polar surface area (TPSA) is 38.8 Å². The maximum atomic E-state index is 11.4. The lowest BCUT2D eigenvalue weighted by molar-refractivity contribution is 0.0773. The summed E-state index contributed by atoms with van der Waals surface area (Å²) in [6.07, 6.45) is 1.86. The standard InChI is InChI=1S/C9H17NO3/c1-3-13-9(11)10-6-4-5-8(10)7-12-2/h8H,3-7H2,1-2H3. The van der Waals surface area contributed by atoms with Crippen LogP contribution in [0.1, 0.15) is 19.8 Å². The van der Waals surface area contributed by atoms with Crippen LogP contribution in [0, 0.1) is 0 Å². The van der Waals surface area contributed by atoms with Crippen molar-refractivity contribution in [1.29, 1.82) is 0 Å². The van der Waals surface area contributed by atoms with E-state index in [0.29, 0.717) is 13.2 Å². The molecule has 1 aliphatic heterocycles. The third-order valence-electron chi connectivity index (χ3n) is 2.24. The molecule has 1 heterocycles. The molecule has 1 saturated heterocycles. The lowest BCUT2D eigenvalue weighted by atomic mass is 10.2. The Morgan fingerprint density at radius 3 is 3.00 bits per heavy atom. The minimum absolute atomic E-state index is 0.206. The number of hydrogen-bond acceptors (Lipinski definition) is 3. The Hall–Kier alpha value is -0.770. The molecule has 0 aromatic rings. The van der Waals surface area contributed by atoms with Gasteiger partial charge in [-0.3, -0.25) is 0 Å². The summed E-state index contributed by atoms with van der Waals surface area (Å²) < 4.78 is 9.97. The van der Waals surface area contributed by atoms with Gasteiger partial charge >= 0.3 is 6.09 Å². The summed E-state index contributed by atoms with van der Waals surface area (Å²) in [6.45, 7) is 3.67. The molecule has 0 saturated carbocycles. The summed E-state index contributed by atoms with van der Waals surface area (Å²) in [7, 11) is 1.65. The summed E-state index contributed by atoms with van der Waals surface area (Å²) in [5, 5.41) is 0. The zero-order valence-corrected chi connectivity index (χ0v) is 8.28. The molecular weight excluding hydrogens is 170 g/mol. The van der Waals surface area contributed by atoms with Crippen LogP contribution >= 0.6 is 0 Å². The van der Waals surface area contributed by atoms with Gasteiger partial charge in [0, 0.05) is 13.7 Å². The van der Waals surface area contributed by atoms with Crippen LogP contribution < -0.4 is 0 Å². The van der Waals surface area contributed by atoms with E-state index >= 15 is 0 Å². The highest BCUT2D eigenvalue weighted by Crippen LogP contribution is 2.18. The Morgan fingerprint density at radius 1 is 1.62 bits per heavy atom. The normalized spacial score (nSPS) is 22.0. The highest BCUT2D eigenvalue weighted by Gasteiger charge is 2.29. The lowest BCUT2D eigenvalue weighted by Crippen LogP contribution is -2.38. The predicted molar refractivity (Wildman–Crippen MR) is 48.6 cm³/mol. The van der Waals surface area contributed by atoms with Crippen LogP contribution in [-0.4, -0.2) is 43.9 Å². The number of methoxy groups -OCH3 is 1. The fourth-order valence-electron chi connectivity index (χ4n) is 1.65. The smallest absolute Gasteiger partial charge is 0.410 e. The van der Waals surface area contributed by atoms with Gasteiger partial charge in [0.2, 0.25) is 0 Å². The lowest BCUT2D eigenvalue weighted by Gasteiger charge is -2.22. The second kappa shape index (κ2) is 5.07. The van der Waals surface area contributed by atoms with Gasteiger partial charge in [-0.1, -0.05) is 0 Å². The third-order valence-corrected chi connectivity index (χ3v) is 2.24. The first-order valence-corrected chi connectivity index (χ1v) is 4.72. The number of carbonyl (C=O) groups is 1. The van der Waals surface area contributed by atoms with E-state index in [0.717, 1.165) is 19.4 Å². The van der Waals surface area contributed by atoms with Crippen molar-refractivity contribution in [3.63, 3.8) is 0 Å². The Balaban J connectivity index is 2.42. The van der Waals surface area contributed by atoms with Gasteiger partial charge in [-0.25, -0.2) is 4.79 Å². The number of nitrogens with zero attached hydrogens (tertiary/aromatic N) is 1. The molecule has 1 atom stereocenters. The number of amides is 1. The third kappa shape index (κ3) is 2.59. The molecule has 13 heavy (non-hydrogen) atoms. The molecule has 76 valence electrons. The van der Waals surface area contributed by atoms with Gasteiger partial charge in [-0.2, -0.15) is 0 Å². The Bertz CT molecular complexity index is 172. The van der Waals surface area contributed by atoms with Crippen LogP contribution in [0.3, 0.4) is 0 Å². The summed E-state index contributed by atoms with van der Waals surface area (Å²) in [6, 6.07) is 0.212. The minimum atomic E-state index is -0.206. The molecule has 1 aliphatic rings. The highest BCUT2D eigenvalue weighted by molar-refractivity contribution is 5.68. The van der Waals surface area contributed by atoms with Gasteiger partial charge in [-0.05, 0) is 19.8 Å². The van der Waals surface area contributed by atoms with Gasteiger partial charge in [0.25, 0.3) is 0 Å². The maximum Gasteiger partial charge on any atom is 0.410 e. The molecule has 0 aromatic carbocycles. The van der Waals surface area contributed by atoms with Gasteiger partial charge in [0.1, 0.15) is 0 Å². The second-order valence-electron chi connectivity index (χ2n) is 3.14. The van der Waals surface area contributed by atoms with E-state index in [1.165, 1.54) is 0 Å². The summed E-state index contributed by atoms with van der Waals surface area (Å²) >= 11 is 0. The van der Waals surface area contributed by atoms with Crippen LogP contribution in [0.25, 0.3) is 0 Å². The van der Waals surface area contributed by atoms with E-state index in [1.54, 1.807) is 12.0 Å². The molecule has 0 N–H and O–H groups in total. The molecule has 1 unspecified atom stereocenters. The van der Waals surface area contributed by atoms with E-state index in [9.17, 15) is 4.79 Å². The van der Waals surface area contributed by atoms with Gasteiger partial charge in [0.15, 0.2) is 0 Å². The minimum Gasteiger partial charge on any atom is -0.450 e. The van der Waals surface area contributed by atoms with Crippen molar-refractivity contribution in [2.45, 2.75) is 25.8 Å². The molecule has 1 amide bonds. The Labute approximate surface area is 78.8 Å². The highest BCUT2D eigenvalue weighted by atomic mass is 16.6. The number of rotatable bonds is 3. The van der Waals surface area contributed by atoms with Crippen molar-refractivity contribution in [3.05, 3.63) is 0 Å². The number of ether oxygens (including phenoxy) is 2. The van der Waals surface area contributed by atoms with E-state index < -0.39 is 0 Å². The van der Waals surface area contributed by atoms with Crippen LogP contribution in [0.4, 0.5) is 4.79 Å². The van der Waals surface area contributed by atoms with Crippen LogP contribution in [0.15, 0.2) is 0 Å². The first-order chi connectivity index (χ1) is 6.29. The summed E-state index contributed by atoms with van der Waals surface area (Å²) in [4.78, 5) is 13.1. The van der Waals surface area contributed by atoms with E-state index in [4.69, 9.17) is 9.47 Å². The molecule has 1 rings (SSSR count). The molecule has 0 aromatic heterocycles. The molecule has 0 radical (unpaired) electrons. The first-order valence-electron chi connectivity index (χ1n) is 4.72. The Kier molecular flexibility index (Phi) is 4.02. The average molecular weight is 187 g/mol. The SMILES string of the molecule is CCOC(=O)N1CCCC1COC. The molecule has 4 nitrogen and oxygen atoms in total. The Morgan fingerprint density at radius 2 is 2.38 bits per heavy atom. The monoisotopic (exact) mass is 187 g/mol. The van der Waals surface area contributed by atoms with E-state index in [2.05, 4.69) is 0 Å². The number of carbonyl (C=O) groups excluding carboxylic acids is 1. The van der Waals surface area contributed by atoms with Crippen LogP contribution in [0.5, 0.6) is 0 Å². The molecule has 0 bridgehead atoms. The molecular formula is C9H17NO3. The predicted octanol–water partition coefficient (Wildman–Crippen LogP) is 1.25. The fraction of sp³-hybridized carbons (Fsp3) is 0.889. The van der Waals surface area contributed by atoms with Crippen molar-refractivity contribution in [2.24, 2.45) is 0 Å². The zero-order valence-electron chi connectivity index (χ0n) is 8.28. The average Bonchev–Trinajstić information content (AvgIpc) is 2.54. The molecule has 4 heteroatoms. The van der Waals surface area contributed by atoms with Crippen molar-refractivity contribution in [3.8, 4) is 0 Å². The van der Waals surface area contributed by atoms with Gasteiger partial charge in [0.05, 0.1) is 19.3 Å². The first kappa shape index (κ1) is 10.3. The van der Waals surface area contributed by atoms with Gasteiger partial charge in [-0.15, -0.1) is 0 Å². The van der Waals surface area contributed by atoms with Crippen LogP contribution in [-0.2, 0) is 9.47 Å². The summed E-state index contributed by atoms with van der Waals surface area (Å²) in [5.41, 5.74) is 0. The van der Waals surface area contributed by atoms with E-state index in [-0.39, 0.29) is 12.1 Å². The quantitative estimate of drug-likeness (QED) is 0.667. The number of likely N-dealkylation sites (tertiary alicyclic amines) is 1. The van der Waals surface area contributed by atoms with Crippen molar-refractivity contribution >= 4 is 6.09 Å². The van der Waals surface area contributed by atoms with Crippen molar-refractivity contribution in [2.75, 3.05) is 26.9 Å². The summed E-state index contributed by atoms with van der Waals surface area (Å²) in [5.74, 6) is 0. The maximum absolute atomic E-state index is 11.4. The molecule has 0 spiro atoms. The molecule has 0 aliphatic carbocycles. The van der Waals surface area contributed by atoms with Crippen molar-refractivity contribution in [1.82, 2.24) is 4.90 Å². The van der Waals surface area contributed by atoms with Crippen LogP contribution in [0.2, 0.25) is 0 Å². The fourth-order valence-corrected chi connectivity index (χ4v) is 1.65. The number of hydrogen-bond donors (Lipinski definition) is 0. The van der Waals surface area contributed by atoms with Crippen molar-refractivity contribution < 1.29 is 14.3 Å².